The SMILES string of the molecule is CCc1cc(-c2cccc(-c3ccccc3)c2)cc(-c2nc(CC)cc(-c3ccccc3)n2)c1. The zero-order valence-corrected chi connectivity index (χ0v) is 19.7. The second-order valence-corrected chi connectivity index (χ2v) is 8.51. The second kappa shape index (κ2) is 9.84. The number of hydrogen-bond acceptors (Lipinski definition) is 2. The largest absolute Gasteiger partial charge is 0.233 e. The van der Waals surface area contributed by atoms with E-state index in [1.807, 2.05) is 6.07 Å². The molecule has 0 aliphatic rings. The van der Waals surface area contributed by atoms with Crippen LogP contribution in [-0.4, -0.2) is 9.97 Å². The third kappa shape index (κ3) is 4.67. The molecule has 0 atom stereocenters. The van der Waals surface area contributed by atoms with Crippen molar-refractivity contribution in [1.29, 1.82) is 0 Å². The van der Waals surface area contributed by atoms with Gasteiger partial charge in [-0.3, -0.25) is 0 Å². The summed E-state index contributed by atoms with van der Waals surface area (Å²) in [6.45, 7) is 4.34. The van der Waals surface area contributed by atoms with E-state index in [1.165, 1.54) is 27.8 Å². The molecule has 4 aromatic carbocycles. The summed E-state index contributed by atoms with van der Waals surface area (Å²) in [5, 5.41) is 0. The van der Waals surface area contributed by atoms with Crippen molar-refractivity contribution in [3.63, 3.8) is 0 Å². The highest BCUT2D eigenvalue weighted by Crippen LogP contribution is 2.31. The van der Waals surface area contributed by atoms with Crippen LogP contribution in [0.1, 0.15) is 25.1 Å². The minimum atomic E-state index is 0.786. The van der Waals surface area contributed by atoms with E-state index in [0.717, 1.165) is 41.2 Å². The van der Waals surface area contributed by atoms with E-state index < -0.39 is 0 Å². The first-order valence-corrected chi connectivity index (χ1v) is 12.0. The van der Waals surface area contributed by atoms with Gasteiger partial charge in [-0.05, 0) is 64.9 Å². The van der Waals surface area contributed by atoms with Crippen molar-refractivity contribution in [1.82, 2.24) is 9.97 Å². The summed E-state index contributed by atoms with van der Waals surface area (Å²) in [6.07, 6.45) is 1.83. The van der Waals surface area contributed by atoms with E-state index in [9.17, 15) is 0 Å². The molecule has 34 heavy (non-hydrogen) atoms. The zero-order chi connectivity index (χ0) is 23.3. The second-order valence-electron chi connectivity index (χ2n) is 8.51. The van der Waals surface area contributed by atoms with Crippen LogP contribution in [0.4, 0.5) is 0 Å². The van der Waals surface area contributed by atoms with Gasteiger partial charge in [0, 0.05) is 16.8 Å². The van der Waals surface area contributed by atoms with Gasteiger partial charge in [-0.1, -0.05) is 98.8 Å². The molecule has 1 heterocycles. The topological polar surface area (TPSA) is 25.8 Å². The third-order valence-electron chi connectivity index (χ3n) is 6.17. The summed E-state index contributed by atoms with van der Waals surface area (Å²) in [4.78, 5) is 9.90. The van der Waals surface area contributed by atoms with Gasteiger partial charge in [0.1, 0.15) is 0 Å². The first kappa shape index (κ1) is 21.8. The summed E-state index contributed by atoms with van der Waals surface area (Å²) >= 11 is 0. The van der Waals surface area contributed by atoms with Crippen molar-refractivity contribution in [3.05, 3.63) is 120 Å². The fraction of sp³-hybridized carbons (Fsp3) is 0.125. The molecule has 0 aliphatic carbocycles. The number of benzene rings is 4. The zero-order valence-electron chi connectivity index (χ0n) is 19.7. The molecule has 2 heteroatoms. The number of hydrogen-bond donors (Lipinski definition) is 0. The maximum absolute atomic E-state index is 4.99. The van der Waals surface area contributed by atoms with Crippen LogP contribution in [0, 0.1) is 0 Å². The lowest BCUT2D eigenvalue weighted by Gasteiger charge is -2.12. The van der Waals surface area contributed by atoms with Crippen LogP contribution in [0.3, 0.4) is 0 Å². The molecule has 0 fully saturated rings. The van der Waals surface area contributed by atoms with E-state index in [-0.39, 0.29) is 0 Å². The van der Waals surface area contributed by atoms with Gasteiger partial charge in [0.2, 0.25) is 0 Å². The highest BCUT2D eigenvalue weighted by Gasteiger charge is 2.11. The molecule has 5 aromatic rings. The summed E-state index contributed by atoms with van der Waals surface area (Å²) in [5.41, 5.74) is 10.3. The van der Waals surface area contributed by atoms with Crippen molar-refractivity contribution in [3.8, 4) is 44.9 Å². The summed E-state index contributed by atoms with van der Waals surface area (Å²) in [7, 11) is 0. The predicted octanol–water partition coefficient (Wildman–Crippen LogP) is 8.27. The number of rotatable bonds is 6. The third-order valence-corrected chi connectivity index (χ3v) is 6.17. The van der Waals surface area contributed by atoms with E-state index in [0.29, 0.717) is 0 Å². The Morgan fingerprint density at radius 3 is 1.74 bits per heavy atom. The first-order chi connectivity index (χ1) is 16.7. The Kier molecular flexibility index (Phi) is 6.31. The Labute approximate surface area is 202 Å². The molecule has 0 N–H and O–H groups in total. The lowest BCUT2D eigenvalue weighted by atomic mass is 9.95. The molecule has 0 unspecified atom stereocenters. The quantitative estimate of drug-likeness (QED) is 0.265. The Morgan fingerprint density at radius 2 is 1.06 bits per heavy atom. The Bertz CT molecular complexity index is 1410. The number of aromatic nitrogens is 2. The Morgan fingerprint density at radius 1 is 0.471 bits per heavy atom. The molecule has 2 nitrogen and oxygen atoms in total. The normalized spacial score (nSPS) is 10.9. The number of aryl methyl sites for hydroxylation is 2. The molecule has 5 rings (SSSR count). The highest BCUT2D eigenvalue weighted by atomic mass is 14.9. The molecule has 0 amide bonds. The number of nitrogens with zero attached hydrogens (tertiary/aromatic N) is 2. The maximum Gasteiger partial charge on any atom is 0.160 e. The van der Waals surface area contributed by atoms with Gasteiger partial charge in [0.15, 0.2) is 5.82 Å². The Hall–Kier alpha value is -4.04. The minimum Gasteiger partial charge on any atom is -0.233 e. The smallest absolute Gasteiger partial charge is 0.160 e. The van der Waals surface area contributed by atoms with E-state index >= 15 is 0 Å². The average molecular weight is 441 g/mol. The molecule has 0 saturated heterocycles. The van der Waals surface area contributed by atoms with Gasteiger partial charge in [0.25, 0.3) is 0 Å². The summed E-state index contributed by atoms with van der Waals surface area (Å²) in [6, 6.07) is 38.5. The molecule has 0 saturated carbocycles. The van der Waals surface area contributed by atoms with Crippen LogP contribution in [0.2, 0.25) is 0 Å². The van der Waals surface area contributed by atoms with Crippen molar-refractivity contribution < 1.29 is 0 Å². The molecular formula is C32H28N2. The fourth-order valence-corrected chi connectivity index (χ4v) is 4.27. The lowest BCUT2D eigenvalue weighted by molar-refractivity contribution is 1.01. The molecule has 0 bridgehead atoms. The standard InChI is InChI=1S/C32H28N2/c1-3-23-18-28(27-17-11-16-26(20-27)24-12-7-5-8-13-24)21-29(19-23)32-33-30(4-2)22-31(34-32)25-14-9-6-10-15-25/h5-22H,3-4H2,1-2H3. The van der Waals surface area contributed by atoms with Crippen molar-refractivity contribution in [2.45, 2.75) is 26.7 Å². The van der Waals surface area contributed by atoms with Crippen LogP contribution >= 0.6 is 0 Å². The molecule has 1 aromatic heterocycles. The minimum absolute atomic E-state index is 0.786. The van der Waals surface area contributed by atoms with Crippen molar-refractivity contribution >= 4 is 0 Å². The first-order valence-electron chi connectivity index (χ1n) is 12.0. The maximum atomic E-state index is 4.99. The van der Waals surface area contributed by atoms with Gasteiger partial charge in [-0.2, -0.15) is 0 Å². The van der Waals surface area contributed by atoms with Gasteiger partial charge >= 0.3 is 0 Å². The van der Waals surface area contributed by atoms with Crippen LogP contribution < -0.4 is 0 Å². The van der Waals surface area contributed by atoms with Gasteiger partial charge < -0.3 is 0 Å². The Balaban J connectivity index is 1.62. The predicted molar refractivity (Wildman–Crippen MR) is 143 cm³/mol. The summed E-state index contributed by atoms with van der Waals surface area (Å²) in [5.74, 6) is 0.786. The molecule has 0 spiro atoms. The molecule has 0 radical (unpaired) electrons. The van der Waals surface area contributed by atoms with E-state index in [2.05, 4.69) is 117 Å². The van der Waals surface area contributed by atoms with Gasteiger partial charge in [0.05, 0.1) is 5.69 Å². The van der Waals surface area contributed by atoms with Crippen LogP contribution in [0.15, 0.2) is 109 Å². The monoisotopic (exact) mass is 440 g/mol. The molecule has 166 valence electrons. The van der Waals surface area contributed by atoms with Gasteiger partial charge in [-0.15, -0.1) is 0 Å². The van der Waals surface area contributed by atoms with E-state index in [1.54, 1.807) is 0 Å². The van der Waals surface area contributed by atoms with E-state index in [4.69, 9.17) is 9.97 Å². The van der Waals surface area contributed by atoms with Crippen LogP contribution in [-0.2, 0) is 12.8 Å². The van der Waals surface area contributed by atoms with Crippen molar-refractivity contribution in [2.24, 2.45) is 0 Å². The average Bonchev–Trinajstić information content (AvgIpc) is 2.93. The summed E-state index contributed by atoms with van der Waals surface area (Å²) < 4.78 is 0. The van der Waals surface area contributed by atoms with Crippen LogP contribution in [0.25, 0.3) is 44.9 Å². The molecule has 0 aliphatic heterocycles. The van der Waals surface area contributed by atoms with Crippen LogP contribution in [0.5, 0.6) is 0 Å². The van der Waals surface area contributed by atoms with Crippen molar-refractivity contribution in [2.75, 3.05) is 0 Å². The fourth-order valence-electron chi connectivity index (χ4n) is 4.27. The molecular weight excluding hydrogens is 412 g/mol. The highest BCUT2D eigenvalue weighted by molar-refractivity contribution is 5.77. The lowest BCUT2D eigenvalue weighted by Crippen LogP contribution is -1.98. The van der Waals surface area contributed by atoms with Gasteiger partial charge in [-0.25, -0.2) is 9.97 Å².